The van der Waals surface area contributed by atoms with Crippen molar-refractivity contribution in [2.75, 3.05) is 17.2 Å². The standard InChI is InChI=1S/C16H16F2N2O/c1-2-11-4-3-5-13(8-11)20-16(21)10-19-15-9-12(17)6-7-14(15)18/h3-9,19H,2,10H2,1H3,(H,20,21). The molecule has 0 saturated heterocycles. The van der Waals surface area contributed by atoms with Gasteiger partial charge in [-0.25, -0.2) is 8.78 Å². The molecule has 0 fully saturated rings. The van der Waals surface area contributed by atoms with Gasteiger partial charge in [-0.05, 0) is 42.3 Å². The summed E-state index contributed by atoms with van der Waals surface area (Å²) in [5.41, 5.74) is 1.75. The molecule has 0 unspecified atom stereocenters. The van der Waals surface area contributed by atoms with E-state index in [2.05, 4.69) is 10.6 Å². The highest BCUT2D eigenvalue weighted by Gasteiger charge is 2.07. The molecule has 2 rings (SSSR count). The van der Waals surface area contributed by atoms with Crippen molar-refractivity contribution >= 4 is 17.3 Å². The lowest BCUT2D eigenvalue weighted by Gasteiger charge is -2.09. The topological polar surface area (TPSA) is 41.1 Å². The van der Waals surface area contributed by atoms with E-state index in [-0.39, 0.29) is 18.1 Å². The molecule has 0 aliphatic carbocycles. The number of benzene rings is 2. The van der Waals surface area contributed by atoms with Crippen molar-refractivity contribution in [2.24, 2.45) is 0 Å². The second-order valence-corrected chi connectivity index (χ2v) is 4.58. The second kappa shape index (κ2) is 6.83. The van der Waals surface area contributed by atoms with Gasteiger partial charge in [0.1, 0.15) is 11.6 Å². The molecule has 0 aliphatic rings. The zero-order valence-electron chi connectivity index (χ0n) is 11.6. The van der Waals surface area contributed by atoms with Crippen LogP contribution in [0.15, 0.2) is 42.5 Å². The predicted molar refractivity (Wildman–Crippen MR) is 79.3 cm³/mol. The number of amides is 1. The van der Waals surface area contributed by atoms with Gasteiger partial charge in [0.25, 0.3) is 0 Å². The molecule has 0 bridgehead atoms. The largest absolute Gasteiger partial charge is 0.374 e. The average Bonchev–Trinajstić information content (AvgIpc) is 2.48. The lowest BCUT2D eigenvalue weighted by Crippen LogP contribution is -2.22. The summed E-state index contributed by atoms with van der Waals surface area (Å²) in [6, 6.07) is 10.5. The molecule has 110 valence electrons. The van der Waals surface area contributed by atoms with Crippen LogP contribution in [0.5, 0.6) is 0 Å². The fraction of sp³-hybridized carbons (Fsp3) is 0.188. The first-order valence-electron chi connectivity index (χ1n) is 6.66. The molecule has 2 aromatic rings. The highest BCUT2D eigenvalue weighted by Crippen LogP contribution is 2.15. The van der Waals surface area contributed by atoms with Gasteiger partial charge in [-0.1, -0.05) is 19.1 Å². The molecular formula is C16H16F2N2O. The maximum absolute atomic E-state index is 13.4. The van der Waals surface area contributed by atoms with Crippen molar-refractivity contribution in [3.63, 3.8) is 0 Å². The number of carbonyl (C=O) groups is 1. The molecule has 2 N–H and O–H groups in total. The third kappa shape index (κ3) is 4.27. The molecule has 3 nitrogen and oxygen atoms in total. The van der Waals surface area contributed by atoms with Gasteiger partial charge in [0.15, 0.2) is 0 Å². The average molecular weight is 290 g/mol. The maximum atomic E-state index is 13.4. The Kier molecular flexibility index (Phi) is 4.87. The summed E-state index contributed by atoms with van der Waals surface area (Å²) in [6.07, 6.45) is 0.871. The van der Waals surface area contributed by atoms with Crippen LogP contribution < -0.4 is 10.6 Å². The van der Waals surface area contributed by atoms with E-state index in [0.29, 0.717) is 5.69 Å². The van der Waals surface area contributed by atoms with Gasteiger partial charge in [-0.3, -0.25) is 4.79 Å². The Hall–Kier alpha value is -2.43. The Morgan fingerprint density at radius 3 is 2.71 bits per heavy atom. The molecule has 0 atom stereocenters. The summed E-state index contributed by atoms with van der Waals surface area (Å²) < 4.78 is 26.4. The van der Waals surface area contributed by atoms with Gasteiger partial charge >= 0.3 is 0 Å². The van der Waals surface area contributed by atoms with Crippen LogP contribution in [0.4, 0.5) is 20.2 Å². The van der Waals surface area contributed by atoms with Crippen molar-refractivity contribution in [2.45, 2.75) is 13.3 Å². The number of halogens is 2. The highest BCUT2D eigenvalue weighted by atomic mass is 19.1. The first-order chi connectivity index (χ1) is 10.1. The minimum absolute atomic E-state index is 0.0348. The molecule has 1 amide bonds. The first kappa shape index (κ1) is 15.0. The van der Waals surface area contributed by atoms with Crippen LogP contribution in [-0.2, 0) is 11.2 Å². The number of hydrogen-bond donors (Lipinski definition) is 2. The zero-order valence-corrected chi connectivity index (χ0v) is 11.6. The van der Waals surface area contributed by atoms with E-state index in [1.807, 2.05) is 25.1 Å². The van der Waals surface area contributed by atoms with Crippen LogP contribution in [0, 0.1) is 11.6 Å². The molecule has 0 aliphatic heterocycles. The van der Waals surface area contributed by atoms with E-state index in [0.717, 1.165) is 30.2 Å². The maximum Gasteiger partial charge on any atom is 0.243 e. The Balaban J connectivity index is 1.94. The van der Waals surface area contributed by atoms with Crippen LogP contribution in [0.1, 0.15) is 12.5 Å². The van der Waals surface area contributed by atoms with Crippen molar-refractivity contribution in [1.29, 1.82) is 0 Å². The van der Waals surface area contributed by atoms with E-state index in [4.69, 9.17) is 0 Å². The molecule has 5 heteroatoms. The third-order valence-corrected chi connectivity index (χ3v) is 2.99. The van der Waals surface area contributed by atoms with Gasteiger partial charge < -0.3 is 10.6 Å². The Bertz CT molecular complexity index is 644. The molecule has 21 heavy (non-hydrogen) atoms. The fourth-order valence-electron chi connectivity index (χ4n) is 1.88. The smallest absolute Gasteiger partial charge is 0.243 e. The van der Waals surface area contributed by atoms with Crippen molar-refractivity contribution in [3.8, 4) is 0 Å². The van der Waals surface area contributed by atoms with Gasteiger partial charge in [0.2, 0.25) is 5.91 Å². The lowest BCUT2D eigenvalue weighted by atomic mass is 10.1. The molecule has 2 aromatic carbocycles. The van der Waals surface area contributed by atoms with Gasteiger partial charge in [-0.2, -0.15) is 0 Å². The third-order valence-electron chi connectivity index (χ3n) is 2.99. The van der Waals surface area contributed by atoms with Crippen molar-refractivity contribution in [1.82, 2.24) is 0 Å². The Morgan fingerprint density at radius 2 is 1.95 bits per heavy atom. The summed E-state index contributed by atoms with van der Waals surface area (Å²) in [4.78, 5) is 11.8. The number of nitrogens with one attached hydrogen (secondary N) is 2. The van der Waals surface area contributed by atoms with Crippen LogP contribution in [0.25, 0.3) is 0 Å². The molecular weight excluding hydrogens is 274 g/mol. The summed E-state index contributed by atoms with van der Waals surface area (Å²) in [6.45, 7) is 1.88. The van der Waals surface area contributed by atoms with Crippen LogP contribution in [-0.4, -0.2) is 12.5 Å². The fourth-order valence-corrected chi connectivity index (χ4v) is 1.88. The Labute approximate surface area is 122 Å². The SMILES string of the molecule is CCc1cccc(NC(=O)CNc2cc(F)ccc2F)c1. The van der Waals surface area contributed by atoms with Crippen LogP contribution in [0.2, 0.25) is 0 Å². The lowest BCUT2D eigenvalue weighted by molar-refractivity contribution is -0.114. The van der Waals surface area contributed by atoms with Gasteiger partial charge in [0, 0.05) is 5.69 Å². The minimum Gasteiger partial charge on any atom is -0.374 e. The molecule has 0 spiro atoms. The number of aryl methyl sites for hydroxylation is 1. The van der Waals surface area contributed by atoms with E-state index in [1.165, 1.54) is 0 Å². The van der Waals surface area contributed by atoms with Crippen molar-refractivity contribution < 1.29 is 13.6 Å². The van der Waals surface area contributed by atoms with Crippen LogP contribution in [0.3, 0.4) is 0 Å². The summed E-state index contributed by atoms with van der Waals surface area (Å²) in [5.74, 6) is -1.49. The zero-order chi connectivity index (χ0) is 15.2. The molecule has 0 radical (unpaired) electrons. The monoisotopic (exact) mass is 290 g/mol. The Morgan fingerprint density at radius 1 is 1.14 bits per heavy atom. The molecule has 0 heterocycles. The number of rotatable bonds is 5. The predicted octanol–water partition coefficient (Wildman–Crippen LogP) is 3.58. The van der Waals surface area contributed by atoms with E-state index < -0.39 is 11.6 Å². The highest BCUT2D eigenvalue weighted by molar-refractivity contribution is 5.93. The minimum atomic E-state index is -0.600. The van der Waals surface area contributed by atoms with E-state index >= 15 is 0 Å². The quantitative estimate of drug-likeness (QED) is 0.883. The summed E-state index contributed by atoms with van der Waals surface area (Å²) in [7, 11) is 0. The molecule has 0 aromatic heterocycles. The normalized spacial score (nSPS) is 10.2. The number of anilines is 2. The summed E-state index contributed by atoms with van der Waals surface area (Å²) >= 11 is 0. The van der Waals surface area contributed by atoms with Crippen LogP contribution >= 0.6 is 0 Å². The number of carbonyl (C=O) groups excluding carboxylic acids is 1. The second-order valence-electron chi connectivity index (χ2n) is 4.58. The number of hydrogen-bond acceptors (Lipinski definition) is 2. The van der Waals surface area contributed by atoms with Crippen molar-refractivity contribution in [3.05, 3.63) is 59.7 Å². The van der Waals surface area contributed by atoms with Gasteiger partial charge in [-0.15, -0.1) is 0 Å². The first-order valence-corrected chi connectivity index (χ1v) is 6.66. The summed E-state index contributed by atoms with van der Waals surface area (Å²) in [5, 5.41) is 5.28. The van der Waals surface area contributed by atoms with E-state index in [1.54, 1.807) is 6.07 Å². The molecule has 0 saturated carbocycles. The van der Waals surface area contributed by atoms with Gasteiger partial charge in [0.05, 0.1) is 12.2 Å². The van der Waals surface area contributed by atoms with E-state index in [9.17, 15) is 13.6 Å².